The summed E-state index contributed by atoms with van der Waals surface area (Å²) in [4.78, 5) is 25.4. The molecule has 0 N–H and O–H groups in total. The number of rotatable bonds is 46. The van der Waals surface area contributed by atoms with E-state index in [1.807, 2.05) is 0 Å². The number of carbonyl (C=O) groups is 2. The lowest BCUT2D eigenvalue weighted by Crippen LogP contribution is -2.30. The quantitative estimate of drug-likeness (QED) is 0.0346. The van der Waals surface area contributed by atoms with Crippen LogP contribution in [0.4, 0.5) is 0 Å². The van der Waals surface area contributed by atoms with Gasteiger partial charge in [0.1, 0.15) is 6.61 Å². The van der Waals surface area contributed by atoms with Crippen LogP contribution in [0, 0.1) is 0 Å². The zero-order chi connectivity index (χ0) is 46.3. The van der Waals surface area contributed by atoms with E-state index in [4.69, 9.17) is 14.2 Å². The summed E-state index contributed by atoms with van der Waals surface area (Å²) in [5.74, 6) is -0.504. The van der Waals surface area contributed by atoms with Crippen LogP contribution in [0.25, 0.3) is 0 Å². The first kappa shape index (κ1) is 60.3. The minimum Gasteiger partial charge on any atom is -0.462 e. The minimum absolute atomic E-state index is 0.0371. The molecule has 0 fully saturated rings. The third-order valence-electron chi connectivity index (χ3n) is 10.5. The molecule has 0 spiro atoms. The Labute approximate surface area is 395 Å². The van der Waals surface area contributed by atoms with E-state index >= 15 is 0 Å². The van der Waals surface area contributed by atoms with E-state index < -0.39 is 6.10 Å². The lowest BCUT2D eigenvalue weighted by atomic mass is 10.1. The van der Waals surface area contributed by atoms with Gasteiger partial charge in [-0.15, -0.1) is 0 Å². The second-order valence-corrected chi connectivity index (χ2v) is 16.7. The Morgan fingerprint density at radius 2 is 0.703 bits per heavy atom. The van der Waals surface area contributed by atoms with Gasteiger partial charge in [-0.05, 0) is 128 Å². The van der Waals surface area contributed by atoms with Gasteiger partial charge in [0.25, 0.3) is 0 Å². The van der Waals surface area contributed by atoms with Crippen molar-refractivity contribution >= 4 is 11.9 Å². The minimum atomic E-state index is -0.586. The van der Waals surface area contributed by atoms with E-state index in [-0.39, 0.29) is 25.2 Å². The van der Waals surface area contributed by atoms with Gasteiger partial charge in [0.2, 0.25) is 0 Å². The summed E-state index contributed by atoms with van der Waals surface area (Å²) in [7, 11) is 0. The Bertz CT molecular complexity index is 1320. The Kier molecular flexibility index (Phi) is 50.5. The van der Waals surface area contributed by atoms with Crippen LogP contribution < -0.4 is 0 Å². The molecule has 362 valence electrons. The first-order valence-electron chi connectivity index (χ1n) is 26.1. The molecule has 1 unspecified atom stereocenters. The number of allylic oxidation sites excluding steroid dienone is 20. The molecule has 5 heteroatoms. The molecule has 0 heterocycles. The number of unbranched alkanes of at least 4 members (excludes halogenated alkanes) is 15. The molecular formula is C59H96O5. The molecule has 0 amide bonds. The van der Waals surface area contributed by atoms with Crippen LogP contribution in [-0.2, 0) is 23.8 Å². The summed E-state index contributed by atoms with van der Waals surface area (Å²) >= 11 is 0. The highest BCUT2D eigenvalue weighted by Crippen LogP contribution is 2.12. The van der Waals surface area contributed by atoms with Crippen LogP contribution in [0.5, 0.6) is 0 Å². The van der Waals surface area contributed by atoms with Gasteiger partial charge in [0, 0.05) is 19.4 Å². The molecule has 0 saturated carbocycles. The molecular weight excluding hydrogens is 789 g/mol. The summed E-state index contributed by atoms with van der Waals surface area (Å²) < 4.78 is 17.3. The monoisotopic (exact) mass is 885 g/mol. The molecule has 1 atom stereocenters. The smallest absolute Gasteiger partial charge is 0.306 e. The summed E-state index contributed by atoms with van der Waals surface area (Å²) in [6, 6.07) is 0. The lowest BCUT2D eigenvalue weighted by molar-refractivity contribution is -0.163. The zero-order valence-corrected chi connectivity index (χ0v) is 41.5. The van der Waals surface area contributed by atoms with E-state index in [0.29, 0.717) is 19.4 Å². The highest BCUT2D eigenvalue weighted by atomic mass is 16.6. The highest BCUT2D eigenvalue weighted by Gasteiger charge is 2.17. The largest absolute Gasteiger partial charge is 0.462 e. The van der Waals surface area contributed by atoms with Crippen molar-refractivity contribution in [3.05, 3.63) is 122 Å². The number of ether oxygens (including phenoxy) is 3. The Balaban J connectivity index is 4.43. The van der Waals surface area contributed by atoms with Crippen LogP contribution >= 0.6 is 0 Å². The van der Waals surface area contributed by atoms with E-state index in [1.54, 1.807) is 0 Å². The normalized spacial score (nSPS) is 13.2. The summed E-state index contributed by atoms with van der Waals surface area (Å²) in [6.45, 7) is 7.46. The molecule has 0 aliphatic heterocycles. The third kappa shape index (κ3) is 50.9. The second kappa shape index (κ2) is 53.6. The van der Waals surface area contributed by atoms with Crippen molar-refractivity contribution in [1.82, 2.24) is 0 Å². The van der Waals surface area contributed by atoms with Gasteiger partial charge >= 0.3 is 11.9 Å². The summed E-state index contributed by atoms with van der Waals surface area (Å²) in [5.41, 5.74) is 0. The molecule has 0 aliphatic rings. The molecule has 0 saturated heterocycles. The van der Waals surface area contributed by atoms with E-state index in [2.05, 4.69) is 142 Å². The standard InChI is InChI=1S/C59H96O5/c1-4-7-10-13-16-19-22-25-28-29-30-33-36-39-42-45-48-51-54-62-55-57(64-59(61)53-50-47-44-41-38-35-32-27-24-21-18-15-12-9-6-3)56-63-58(60)52-49-46-43-40-37-34-31-26-23-20-17-14-11-8-5-2/h8-9,11-12,16-21,25-28,31-32,37-38,40-41,57H,4-7,10,13-15,22-24,29-30,33-36,39,42-56H2,1-3H3/b11-8-,12-9-,19-16-,20-17-,21-18-,28-25-,31-26-,32-27-,40-37-,41-38-. The molecule has 64 heavy (non-hydrogen) atoms. The number of hydrogen-bond donors (Lipinski definition) is 0. The zero-order valence-electron chi connectivity index (χ0n) is 41.5. The van der Waals surface area contributed by atoms with Gasteiger partial charge in [0.05, 0.1) is 6.61 Å². The van der Waals surface area contributed by atoms with Crippen molar-refractivity contribution in [3.8, 4) is 0 Å². The van der Waals surface area contributed by atoms with Crippen LogP contribution in [0.15, 0.2) is 122 Å². The number of esters is 2. The molecule has 0 aromatic heterocycles. The van der Waals surface area contributed by atoms with Gasteiger partial charge < -0.3 is 14.2 Å². The van der Waals surface area contributed by atoms with Crippen molar-refractivity contribution in [2.24, 2.45) is 0 Å². The molecule has 0 rings (SSSR count). The van der Waals surface area contributed by atoms with Crippen LogP contribution in [0.3, 0.4) is 0 Å². The lowest BCUT2D eigenvalue weighted by Gasteiger charge is -2.18. The fourth-order valence-electron chi connectivity index (χ4n) is 6.64. The number of hydrogen-bond acceptors (Lipinski definition) is 5. The maximum absolute atomic E-state index is 12.8. The van der Waals surface area contributed by atoms with Crippen LogP contribution in [0.1, 0.15) is 213 Å². The predicted octanol–water partition coefficient (Wildman–Crippen LogP) is 17.8. The van der Waals surface area contributed by atoms with Crippen LogP contribution in [0.2, 0.25) is 0 Å². The van der Waals surface area contributed by atoms with Gasteiger partial charge in [-0.1, -0.05) is 194 Å². The van der Waals surface area contributed by atoms with Crippen molar-refractivity contribution in [3.63, 3.8) is 0 Å². The topological polar surface area (TPSA) is 61.8 Å². The van der Waals surface area contributed by atoms with Gasteiger partial charge in [-0.2, -0.15) is 0 Å². The van der Waals surface area contributed by atoms with E-state index in [0.717, 1.165) is 109 Å². The predicted molar refractivity (Wildman–Crippen MR) is 279 cm³/mol. The molecule has 0 aromatic carbocycles. The molecule has 0 bridgehead atoms. The fraction of sp³-hybridized carbons (Fsp3) is 0.627. The van der Waals surface area contributed by atoms with Crippen molar-refractivity contribution in [2.45, 2.75) is 219 Å². The Hall–Kier alpha value is -3.70. The SMILES string of the molecule is CC/C=C\C/C=C\C/C=C\C/C=C\CCCCC(=O)OCC(COCCCCCCCCCC/C=C\C/C=C\CCCCC)OC(=O)CCCC/C=C\C/C=C\C/C=C\C/C=C\CC. The maximum Gasteiger partial charge on any atom is 0.306 e. The van der Waals surface area contributed by atoms with Crippen molar-refractivity contribution in [2.75, 3.05) is 19.8 Å². The molecule has 0 aliphatic carbocycles. The van der Waals surface area contributed by atoms with E-state index in [1.165, 1.54) is 70.6 Å². The Morgan fingerprint density at radius 3 is 1.12 bits per heavy atom. The van der Waals surface area contributed by atoms with Gasteiger partial charge in [-0.3, -0.25) is 9.59 Å². The molecule has 5 nitrogen and oxygen atoms in total. The van der Waals surface area contributed by atoms with Gasteiger partial charge in [-0.25, -0.2) is 0 Å². The van der Waals surface area contributed by atoms with Crippen molar-refractivity contribution in [1.29, 1.82) is 0 Å². The first-order valence-corrected chi connectivity index (χ1v) is 26.1. The molecule has 0 radical (unpaired) electrons. The van der Waals surface area contributed by atoms with Crippen LogP contribution in [-0.4, -0.2) is 37.9 Å². The van der Waals surface area contributed by atoms with Crippen molar-refractivity contribution < 1.29 is 23.8 Å². The van der Waals surface area contributed by atoms with E-state index in [9.17, 15) is 9.59 Å². The maximum atomic E-state index is 12.8. The highest BCUT2D eigenvalue weighted by molar-refractivity contribution is 5.70. The average Bonchev–Trinajstić information content (AvgIpc) is 3.30. The summed E-state index contributed by atoms with van der Waals surface area (Å²) in [5, 5.41) is 0. The van der Waals surface area contributed by atoms with Gasteiger partial charge in [0.15, 0.2) is 6.10 Å². The first-order chi connectivity index (χ1) is 31.6. The average molecular weight is 885 g/mol. The third-order valence-corrected chi connectivity index (χ3v) is 10.5. The fourth-order valence-corrected chi connectivity index (χ4v) is 6.64. The Morgan fingerprint density at radius 1 is 0.359 bits per heavy atom. The number of carbonyl (C=O) groups excluding carboxylic acids is 2. The summed E-state index contributed by atoms with van der Waals surface area (Å²) in [6.07, 6.45) is 75.0. The second-order valence-electron chi connectivity index (χ2n) is 16.7. The molecule has 0 aromatic rings.